The third kappa shape index (κ3) is 4.47. The summed E-state index contributed by atoms with van der Waals surface area (Å²) in [5.74, 6) is 1.14. The SMILES string of the molecule is Cc1nnc2c(NCCCCNC(=O)O)nc3cc(C(=O)c4ccc(Cl)cc4)ccc3n12. The van der Waals surface area contributed by atoms with Crippen LogP contribution in [0.3, 0.4) is 0 Å². The van der Waals surface area contributed by atoms with Crippen LogP contribution in [-0.4, -0.2) is 49.7 Å². The minimum absolute atomic E-state index is 0.119. The second-order valence-corrected chi connectivity index (χ2v) is 7.71. The van der Waals surface area contributed by atoms with Crippen molar-refractivity contribution >= 4 is 46.0 Å². The number of nitrogens with one attached hydrogen (secondary N) is 2. The lowest BCUT2D eigenvalue weighted by molar-refractivity contribution is 0.103. The number of carboxylic acid groups (broad SMARTS) is 1. The van der Waals surface area contributed by atoms with Crippen LogP contribution in [0.2, 0.25) is 5.02 Å². The first-order valence-electron chi connectivity index (χ1n) is 10.1. The minimum Gasteiger partial charge on any atom is -0.465 e. The number of aryl methyl sites for hydroxylation is 1. The molecule has 0 saturated heterocycles. The van der Waals surface area contributed by atoms with E-state index in [4.69, 9.17) is 21.7 Å². The van der Waals surface area contributed by atoms with E-state index in [1.807, 2.05) is 17.4 Å². The fourth-order valence-electron chi connectivity index (χ4n) is 3.46. The van der Waals surface area contributed by atoms with Gasteiger partial charge in [0.1, 0.15) is 5.82 Å². The van der Waals surface area contributed by atoms with Crippen LogP contribution in [0.4, 0.5) is 10.6 Å². The van der Waals surface area contributed by atoms with Crippen molar-refractivity contribution in [1.29, 1.82) is 0 Å². The third-order valence-electron chi connectivity index (χ3n) is 5.03. The molecular weight excluding hydrogens is 432 g/mol. The molecule has 0 spiro atoms. The van der Waals surface area contributed by atoms with E-state index < -0.39 is 6.09 Å². The third-order valence-corrected chi connectivity index (χ3v) is 5.28. The fourth-order valence-corrected chi connectivity index (χ4v) is 3.58. The van der Waals surface area contributed by atoms with Gasteiger partial charge in [-0.3, -0.25) is 9.20 Å². The number of aromatic nitrogens is 4. The normalized spacial score (nSPS) is 11.1. The Kier molecular flexibility index (Phi) is 6.18. The van der Waals surface area contributed by atoms with Gasteiger partial charge in [0.25, 0.3) is 0 Å². The Hall–Kier alpha value is -3.72. The Morgan fingerprint density at radius 1 is 1.03 bits per heavy atom. The number of carbonyl (C=O) groups is 2. The van der Waals surface area contributed by atoms with Gasteiger partial charge in [-0.05, 0) is 62.2 Å². The molecule has 2 aromatic heterocycles. The number of hydrogen-bond donors (Lipinski definition) is 3. The molecule has 0 aliphatic carbocycles. The Labute approximate surface area is 188 Å². The lowest BCUT2D eigenvalue weighted by atomic mass is 10.0. The van der Waals surface area contributed by atoms with E-state index in [0.29, 0.717) is 58.5 Å². The zero-order valence-corrected chi connectivity index (χ0v) is 18.1. The molecule has 0 fully saturated rings. The number of anilines is 1. The number of nitrogens with zero attached hydrogens (tertiary/aromatic N) is 4. The average Bonchev–Trinajstić information content (AvgIpc) is 3.17. The van der Waals surface area contributed by atoms with Crippen molar-refractivity contribution in [3.8, 4) is 0 Å². The second kappa shape index (κ2) is 9.19. The number of unbranched alkanes of at least 4 members (excludes halogenated alkanes) is 1. The summed E-state index contributed by atoms with van der Waals surface area (Å²) in [4.78, 5) is 28.1. The molecule has 4 rings (SSSR count). The highest BCUT2D eigenvalue weighted by Gasteiger charge is 2.16. The van der Waals surface area contributed by atoms with Crippen molar-refractivity contribution in [3.05, 3.63) is 64.4 Å². The molecule has 9 nitrogen and oxygen atoms in total. The first kappa shape index (κ1) is 21.5. The van der Waals surface area contributed by atoms with Crippen LogP contribution < -0.4 is 10.6 Å². The number of rotatable bonds is 8. The molecule has 2 aromatic carbocycles. The summed E-state index contributed by atoms with van der Waals surface area (Å²) in [5.41, 5.74) is 3.09. The second-order valence-electron chi connectivity index (χ2n) is 7.27. The average molecular weight is 453 g/mol. The smallest absolute Gasteiger partial charge is 0.404 e. The Morgan fingerprint density at radius 3 is 2.50 bits per heavy atom. The molecule has 32 heavy (non-hydrogen) atoms. The summed E-state index contributed by atoms with van der Waals surface area (Å²) in [6, 6.07) is 12.1. The van der Waals surface area contributed by atoms with Gasteiger partial charge in [0.15, 0.2) is 11.6 Å². The van der Waals surface area contributed by atoms with Crippen LogP contribution in [0.1, 0.15) is 34.6 Å². The molecule has 0 radical (unpaired) electrons. The van der Waals surface area contributed by atoms with E-state index in [2.05, 4.69) is 20.8 Å². The van der Waals surface area contributed by atoms with Gasteiger partial charge in [-0.15, -0.1) is 10.2 Å². The molecule has 0 aliphatic heterocycles. The molecule has 164 valence electrons. The summed E-state index contributed by atoms with van der Waals surface area (Å²) < 4.78 is 1.90. The van der Waals surface area contributed by atoms with Crippen molar-refractivity contribution in [3.63, 3.8) is 0 Å². The predicted octanol–water partition coefficient (Wildman–Crippen LogP) is 3.93. The summed E-state index contributed by atoms with van der Waals surface area (Å²) >= 11 is 5.93. The Balaban J connectivity index is 1.62. The highest BCUT2D eigenvalue weighted by molar-refractivity contribution is 6.30. The maximum Gasteiger partial charge on any atom is 0.404 e. The van der Waals surface area contributed by atoms with Crippen molar-refractivity contribution < 1.29 is 14.7 Å². The van der Waals surface area contributed by atoms with E-state index in [-0.39, 0.29) is 5.78 Å². The van der Waals surface area contributed by atoms with Crippen molar-refractivity contribution in [2.75, 3.05) is 18.4 Å². The zero-order chi connectivity index (χ0) is 22.7. The molecule has 0 atom stereocenters. The van der Waals surface area contributed by atoms with Crippen molar-refractivity contribution in [2.45, 2.75) is 19.8 Å². The van der Waals surface area contributed by atoms with Crippen LogP contribution >= 0.6 is 11.6 Å². The summed E-state index contributed by atoms with van der Waals surface area (Å²) in [5, 5.41) is 23.2. The van der Waals surface area contributed by atoms with Crippen LogP contribution in [0.25, 0.3) is 16.7 Å². The number of amides is 1. The van der Waals surface area contributed by atoms with Crippen LogP contribution in [0.15, 0.2) is 42.5 Å². The highest BCUT2D eigenvalue weighted by Crippen LogP contribution is 2.24. The maximum atomic E-state index is 12.9. The first-order valence-corrected chi connectivity index (χ1v) is 10.5. The summed E-state index contributed by atoms with van der Waals surface area (Å²) in [6.07, 6.45) is 0.405. The number of benzene rings is 2. The van der Waals surface area contributed by atoms with Gasteiger partial charge >= 0.3 is 6.09 Å². The highest BCUT2D eigenvalue weighted by atomic mass is 35.5. The van der Waals surface area contributed by atoms with Crippen LogP contribution in [0, 0.1) is 6.92 Å². The van der Waals surface area contributed by atoms with E-state index in [1.165, 1.54) is 0 Å². The maximum absolute atomic E-state index is 12.9. The first-order chi connectivity index (χ1) is 15.4. The largest absolute Gasteiger partial charge is 0.465 e. The number of halogens is 1. The Morgan fingerprint density at radius 2 is 1.75 bits per heavy atom. The van der Waals surface area contributed by atoms with Gasteiger partial charge in [0.05, 0.1) is 11.0 Å². The number of fused-ring (bicyclic) bond motifs is 3. The van der Waals surface area contributed by atoms with Gasteiger partial charge in [0, 0.05) is 29.2 Å². The van der Waals surface area contributed by atoms with Crippen LogP contribution in [0.5, 0.6) is 0 Å². The topological polar surface area (TPSA) is 122 Å². The van der Waals surface area contributed by atoms with E-state index >= 15 is 0 Å². The van der Waals surface area contributed by atoms with E-state index in [9.17, 15) is 9.59 Å². The summed E-state index contributed by atoms with van der Waals surface area (Å²) in [6.45, 7) is 2.83. The van der Waals surface area contributed by atoms with Crippen molar-refractivity contribution in [2.24, 2.45) is 0 Å². The summed E-state index contributed by atoms with van der Waals surface area (Å²) in [7, 11) is 0. The molecule has 0 unspecified atom stereocenters. The lowest BCUT2D eigenvalue weighted by Crippen LogP contribution is -2.22. The van der Waals surface area contributed by atoms with Gasteiger partial charge in [-0.1, -0.05) is 11.6 Å². The van der Waals surface area contributed by atoms with Gasteiger partial charge in [-0.2, -0.15) is 0 Å². The molecule has 0 bridgehead atoms. The predicted molar refractivity (Wildman–Crippen MR) is 122 cm³/mol. The van der Waals surface area contributed by atoms with Crippen molar-refractivity contribution in [1.82, 2.24) is 24.9 Å². The quantitative estimate of drug-likeness (QED) is 0.273. The van der Waals surface area contributed by atoms with Gasteiger partial charge in [0.2, 0.25) is 5.65 Å². The molecule has 1 amide bonds. The molecule has 0 saturated carbocycles. The van der Waals surface area contributed by atoms with Crippen LogP contribution in [-0.2, 0) is 0 Å². The molecule has 2 heterocycles. The lowest BCUT2D eigenvalue weighted by Gasteiger charge is -2.11. The van der Waals surface area contributed by atoms with Gasteiger partial charge < -0.3 is 15.7 Å². The molecule has 10 heteroatoms. The molecule has 3 N–H and O–H groups in total. The van der Waals surface area contributed by atoms with E-state index in [0.717, 1.165) is 11.9 Å². The van der Waals surface area contributed by atoms with E-state index in [1.54, 1.807) is 36.4 Å². The molecule has 0 aliphatic rings. The minimum atomic E-state index is -1.03. The standard InChI is InChI=1S/C22H21ClN6O3/c1-13-27-28-21-20(24-10-2-3-11-25-22(31)32)26-17-12-15(6-9-18(17)29(13)21)19(30)14-4-7-16(23)8-5-14/h4-9,12,25H,2-3,10-11H2,1H3,(H,24,26)(H,31,32). The zero-order valence-electron chi connectivity index (χ0n) is 17.3. The number of carbonyl (C=O) groups excluding carboxylic acids is 1. The number of ketones is 1. The molecular formula is C22H21ClN6O3. The molecule has 4 aromatic rings. The van der Waals surface area contributed by atoms with Gasteiger partial charge in [-0.25, -0.2) is 9.78 Å². The fraction of sp³-hybridized carbons (Fsp3) is 0.227. The monoisotopic (exact) mass is 452 g/mol. The Bertz CT molecular complexity index is 1300. The number of hydrogen-bond acceptors (Lipinski definition) is 6.